The summed E-state index contributed by atoms with van der Waals surface area (Å²) in [6, 6.07) is 6.55. The van der Waals surface area contributed by atoms with Crippen LogP contribution in [0.2, 0.25) is 0 Å². The van der Waals surface area contributed by atoms with Gasteiger partial charge < -0.3 is 4.57 Å². The quantitative estimate of drug-likeness (QED) is 0.675. The normalized spacial score (nSPS) is 11.8. The first kappa shape index (κ1) is 16.4. The number of hydrogen-bond donors (Lipinski definition) is 0. The lowest BCUT2D eigenvalue weighted by Gasteiger charge is -2.22. The summed E-state index contributed by atoms with van der Waals surface area (Å²) in [7, 11) is 2.04. The Kier molecular flexibility index (Phi) is 3.99. The van der Waals surface area contributed by atoms with Gasteiger partial charge in [-0.2, -0.15) is 0 Å². The Bertz CT molecular complexity index is 885. The number of aromatic nitrogens is 4. The zero-order chi connectivity index (χ0) is 17.5. The van der Waals surface area contributed by atoms with Crippen LogP contribution in [-0.2, 0) is 12.5 Å². The van der Waals surface area contributed by atoms with Crippen LogP contribution in [0.5, 0.6) is 0 Å². The highest BCUT2D eigenvalue weighted by Crippen LogP contribution is 2.32. The standard InChI is InChI=1S/C20H25N4/c1-14-17(19-12-21-13-23(19)6)10-16(20(3,4)5)11-18(14)24-9-7-8-22-15(24)2/h7-13H,1-6H3/q+1. The Hall–Kier alpha value is -2.49. The Morgan fingerprint density at radius 2 is 1.88 bits per heavy atom. The fourth-order valence-corrected chi connectivity index (χ4v) is 2.97. The zero-order valence-electron chi connectivity index (χ0n) is 15.3. The van der Waals surface area contributed by atoms with Crippen molar-refractivity contribution in [2.24, 2.45) is 7.05 Å². The highest BCUT2D eigenvalue weighted by molar-refractivity contribution is 5.68. The van der Waals surface area contributed by atoms with Crippen LogP contribution in [0.4, 0.5) is 0 Å². The summed E-state index contributed by atoms with van der Waals surface area (Å²) in [5, 5.41) is 0. The molecule has 1 aromatic carbocycles. The molecule has 0 aliphatic rings. The molecule has 4 nitrogen and oxygen atoms in total. The van der Waals surface area contributed by atoms with Gasteiger partial charge >= 0.3 is 0 Å². The van der Waals surface area contributed by atoms with Gasteiger partial charge in [-0.1, -0.05) is 25.8 Å². The van der Waals surface area contributed by atoms with E-state index in [0.29, 0.717) is 0 Å². The van der Waals surface area contributed by atoms with Crippen molar-refractivity contribution in [3.05, 3.63) is 60.1 Å². The second-order valence-electron chi connectivity index (χ2n) is 7.34. The van der Waals surface area contributed by atoms with Gasteiger partial charge in [0.25, 0.3) is 5.82 Å². The lowest BCUT2D eigenvalue weighted by Crippen LogP contribution is -2.36. The van der Waals surface area contributed by atoms with Crippen molar-refractivity contribution in [3.8, 4) is 16.9 Å². The SMILES string of the molecule is Cc1c(-c2cncn2C)cc(C(C)(C)C)cc1-[n+]1cccnc1C. The van der Waals surface area contributed by atoms with Gasteiger partial charge in [-0.15, -0.1) is 0 Å². The third-order valence-corrected chi connectivity index (χ3v) is 4.53. The molecular weight excluding hydrogens is 296 g/mol. The molecule has 0 N–H and O–H groups in total. The fraction of sp³-hybridized carbons (Fsp3) is 0.350. The predicted octanol–water partition coefficient (Wildman–Crippen LogP) is 3.67. The van der Waals surface area contributed by atoms with Crippen LogP contribution in [0, 0.1) is 13.8 Å². The number of aryl methyl sites for hydroxylation is 2. The van der Waals surface area contributed by atoms with Crippen LogP contribution in [-0.4, -0.2) is 14.5 Å². The Labute approximate surface area is 143 Å². The minimum Gasteiger partial charge on any atom is -0.334 e. The summed E-state index contributed by atoms with van der Waals surface area (Å²) in [6.45, 7) is 10.9. The smallest absolute Gasteiger partial charge is 0.300 e. The molecule has 0 saturated heterocycles. The molecule has 0 fully saturated rings. The van der Waals surface area contributed by atoms with Crippen molar-refractivity contribution >= 4 is 0 Å². The van der Waals surface area contributed by atoms with E-state index in [1.807, 2.05) is 38.8 Å². The number of imidazole rings is 1. The molecule has 0 bridgehead atoms. The van der Waals surface area contributed by atoms with Gasteiger partial charge in [0.05, 0.1) is 18.2 Å². The Morgan fingerprint density at radius 3 is 2.46 bits per heavy atom. The Morgan fingerprint density at radius 1 is 1.12 bits per heavy atom. The first-order valence-electron chi connectivity index (χ1n) is 8.24. The maximum atomic E-state index is 4.44. The van der Waals surface area contributed by atoms with Gasteiger partial charge in [0.2, 0.25) is 0 Å². The maximum Gasteiger partial charge on any atom is 0.300 e. The first-order valence-corrected chi connectivity index (χ1v) is 8.24. The van der Waals surface area contributed by atoms with E-state index in [0.717, 1.165) is 11.5 Å². The van der Waals surface area contributed by atoms with E-state index in [1.54, 1.807) is 0 Å². The molecule has 0 radical (unpaired) electrons. The second-order valence-corrected chi connectivity index (χ2v) is 7.34. The molecule has 2 aromatic heterocycles. The molecule has 4 heteroatoms. The second kappa shape index (κ2) is 5.86. The average Bonchev–Trinajstić information content (AvgIpc) is 2.93. The van der Waals surface area contributed by atoms with Crippen molar-refractivity contribution in [2.75, 3.05) is 0 Å². The van der Waals surface area contributed by atoms with Gasteiger partial charge in [0.15, 0.2) is 0 Å². The van der Waals surface area contributed by atoms with Gasteiger partial charge in [-0.05, 0) is 30.0 Å². The van der Waals surface area contributed by atoms with Crippen LogP contribution in [0.3, 0.4) is 0 Å². The molecule has 3 rings (SSSR count). The molecule has 0 unspecified atom stereocenters. The van der Waals surface area contributed by atoms with Crippen LogP contribution in [0.25, 0.3) is 16.9 Å². The van der Waals surface area contributed by atoms with E-state index in [4.69, 9.17) is 0 Å². The summed E-state index contributed by atoms with van der Waals surface area (Å²) >= 11 is 0. The van der Waals surface area contributed by atoms with Crippen LogP contribution >= 0.6 is 0 Å². The minimum absolute atomic E-state index is 0.0620. The van der Waals surface area contributed by atoms with Gasteiger partial charge in [0, 0.05) is 31.2 Å². The minimum atomic E-state index is 0.0620. The van der Waals surface area contributed by atoms with Crippen molar-refractivity contribution < 1.29 is 4.57 Å². The third-order valence-electron chi connectivity index (χ3n) is 4.53. The van der Waals surface area contributed by atoms with Gasteiger partial charge in [0.1, 0.15) is 18.1 Å². The molecule has 2 heterocycles. The van der Waals surface area contributed by atoms with E-state index < -0.39 is 0 Å². The molecule has 24 heavy (non-hydrogen) atoms. The number of rotatable bonds is 2. The summed E-state index contributed by atoms with van der Waals surface area (Å²) in [5.74, 6) is 0.975. The van der Waals surface area contributed by atoms with Crippen LogP contribution in [0.15, 0.2) is 43.1 Å². The van der Waals surface area contributed by atoms with Crippen molar-refractivity contribution in [2.45, 2.75) is 40.0 Å². The lowest BCUT2D eigenvalue weighted by atomic mass is 9.84. The number of benzene rings is 1. The number of nitrogens with zero attached hydrogens (tertiary/aromatic N) is 4. The monoisotopic (exact) mass is 321 g/mol. The molecule has 0 amide bonds. The van der Waals surface area contributed by atoms with Crippen molar-refractivity contribution in [1.29, 1.82) is 0 Å². The van der Waals surface area contributed by atoms with Crippen molar-refractivity contribution in [3.63, 3.8) is 0 Å². The summed E-state index contributed by atoms with van der Waals surface area (Å²) in [5.41, 5.74) is 6.11. The van der Waals surface area contributed by atoms with E-state index in [1.165, 1.54) is 22.4 Å². The van der Waals surface area contributed by atoms with Gasteiger partial charge in [-0.25, -0.2) is 9.55 Å². The molecule has 0 aliphatic heterocycles. The number of hydrogen-bond acceptors (Lipinski definition) is 2. The fourth-order valence-electron chi connectivity index (χ4n) is 2.97. The molecule has 0 spiro atoms. The summed E-state index contributed by atoms with van der Waals surface area (Å²) < 4.78 is 4.23. The average molecular weight is 321 g/mol. The molecular formula is C20H25N4+. The molecule has 0 aliphatic carbocycles. The van der Waals surface area contributed by atoms with Crippen molar-refractivity contribution in [1.82, 2.24) is 14.5 Å². The predicted molar refractivity (Wildman–Crippen MR) is 96.1 cm³/mol. The van der Waals surface area contributed by atoms with Gasteiger partial charge in [-0.3, -0.25) is 0 Å². The highest BCUT2D eigenvalue weighted by Gasteiger charge is 2.22. The van der Waals surface area contributed by atoms with E-state index >= 15 is 0 Å². The molecule has 0 saturated carbocycles. The molecule has 0 atom stereocenters. The maximum absolute atomic E-state index is 4.44. The van der Waals surface area contributed by atoms with Crippen LogP contribution < -0.4 is 4.57 Å². The van der Waals surface area contributed by atoms with E-state index in [-0.39, 0.29) is 5.41 Å². The first-order chi connectivity index (χ1) is 11.3. The largest absolute Gasteiger partial charge is 0.334 e. The lowest BCUT2D eigenvalue weighted by molar-refractivity contribution is -0.606. The van der Waals surface area contributed by atoms with Crippen LogP contribution in [0.1, 0.15) is 37.7 Å². The molecule has 3 aromatic rings. The van der Waals surface area contributed by atoms with E-state index in [2.05, 4.69) is 65.1 Å². The summed E-state index contributed by atoms with van der Waals surface area (Å²) in [4.78, 5) is 8.74. The zero-order valence-corrected chi connectivity index (χ0v) is 15.3. The van der Waals surface area contributed by atoms with E-state index in [9.17, 15) is 0 Å². The topological polar surface area (TPSA) is 34.6 Å². The highest BCUT2D eigenvalue weighted by atomic mass is 15.0. The Balaban J connectivity index is 2.34. The molecule has 124 valence electrons. The third kappa shape index (κ3) is 2.84. The summed E-state index contributed by atoms with van der Waals surface area (Å²) in [6.07, 6.45) is 7.68.